The summed E-state index contributed by atoms with van der Waals surface area (Å²) in [5.41, 5.74) is 7.72. The lowest BCUT2D eigenvalue weighted by molar-refractivity contribution is 0.408. The largest absolute Gasteiger partial charge is 0.382 e. The first-order valence-corrected chi connectivity index (χ1v) is 4.36. The van der Waals surface area contributed by atoms with Gasteiger partial charge >= 0.3 is 0 Å². The highest BCUT2D eigenvalue weighted by molar-refractivity contribution is 5.29. The molecule has 0 spiro atoms. The summed E-state index contributed by atoms with van der Waals surface area (Å²) in [5.74, 6) is 1.17. The Labute approximate surface area is 72.0 Å². The van der Waals surface area contributed by atoms with Gasteiger partial charge in [0.1, 0.15) is 5.82 Å². The van der Waals surface area contributed by atoms with E-state index < -0.39 is 0 Å². The maximum Gasteiger partial charge on any atom is 0.142 e. The Balaban J connectivity index is 2.34. The molecule has 1 aliphatic carbocycles. The zero-order valence-corrected chi connectivity index (χ0v) is 7.25. The third-order valence-corrected chi connectivity index (χ3v) is 2.50. The van der Waals surface area contributed by atoms with Crippen molar-refractivity contribution in [2.24, 2.45) is 0 Å². The van der Waals surface area contributed by atoms with Gasteiger partial charge in [-0.05, 0) is 19.8 Å². The number of nitrogen functional groups attached to an aromatic ring is 1. The Morgan fingerprint density at radius 3 is 2.83 bits per heavy atom. The van der Waals surface area contributed by atoms with Gasteiger partial charge in [-0.2, -0.15) is 0 Å². The fourth-order valence-electron chi connectivity index (χ4n) is 1.55. The summed E-state index contributed by atoms with van der Waals surface area (Å²) < 4.78 is 0. The third-order valence-electron chi connectivity index (χ3n) is 2.50. The Morgan fingerprint density at radius 1 is 1.50 bits per heavy atom. The van der Waals surface area contributed by atoms with E-state index in [1.165, 1.54) is 19.3 Å². The van der Waals surface area contributed by atoms with Crippen LogP contribution in [0, 0.1) is 6.92 Å². The van der Waals surface area contributed by atoms with E-state index in [9.17, 15) is 0 Å². The first-order valence-electron chi connectivity index (χ1n) is 4.36. The van der Waals surface area contributed by atoms with Gasteiger partial charge in [0.25, 0.3) is 0 Å². The van der Waals surface area contributed by atoms with Crippen LogP contribution in [0.4, 0.5) is 5.82 Å². The van der Waals surface area contributed by atoms with E-state index in [1.54, 1.807) is 6.20 Å². The second-order valence-electron chi connectivity index (χ2n) is 3.39. The van der Waals surface area contributed by atoms with Crippen molar-refractivity contribution in [3.63, 3.8) is 0 Å². The fourth-order valence-corrected chi connectivity index (χ4v) is 1.55. The van der Waals surface area contributed by atoms with Crippen LogP contribution in [-0.4, -0.2) is 9.97 Å². The number of hydrogen-bond acceptors (Lipinski definition) is 3. The van der Waals surface area contributed by atoms with Crippen LogP contribution in [0.15, 0.2) is 6.20 Å². The summed E-state index contributed by atoms with van der Waals surface area (Å²) in [4.78, 5) is 8.50. The number of rotatable bonds is 1. The van der Waals surface area contributed by atoms with E-state index in [0.29, 0.717) is 11.7 Å². The van der Waals surface area contributed by atoms with E-state index in [-0.39, 0.29) is 0 Å². The predicted molar refractivity (Wildman–Crippen MR) is 47.8 cm³/mol. The van der Waals surface area contributed by atoms with Crippen molar-refractivity contribution in [1.29, 1.82) is 0 Å². The minimum absolute atomic E-state index is 0.544. The molecule has 12 heavy (non-hydrogen) atoms. The van der Waals surface area contributed by atoms with Gasteiger partial charge in [-0.15, -0.1) is 0 Å². The topological polar surface area (TPSA) is 51.8 Å². The van der Waals surface area contributed by atoms with E-state index in [0.717, 1.165) is 11.4 Å². The molecule has 0 aromatic carbocycles. The zero-order valence-electron chi connectivity index (χ0n) is 7.25. The van der Waals surface area contributed by atoms with Crippen LogP contribution in [-0.2, 0) is 0 Å². The van der Waals surface area contributed by atoms with Crippen LogP contribution in [0.2, 0.25) is 0 Å². The van der Waals surface area contributed by atoms with Gasteiger partial charge in [0.15, 0.2) is 0 Å². The lowest BCUT2D eigenvalue weighted by Gasteiger charge is -2.25. The van der Waals surface area contributed by atoms with Crippen molar-refractivity contribution in [3.8, 4) is 0 Å². The first kappa shape index (κ1) is 7.53. The Hall–Kier alpha value is -1.12. The van der Waals surface area contributed by atoms with Gasteiger partial charge in [-0.1, -0.05) is 6.42 Å². The lowest BCUT2D eigenvalue weighted by atomic mass is 9.82. The van der Waals surface area contributed by atoms with Crippen molar-refractivity contribution in [1.82, 2.24) is 9.97 Å². The van der Waals surface area contributed by atoms with Crippen LogP contribution < -0.4 is 5.73 Å². The summed E-state index contributed by atoms with van der Waals surface area (Å²) in [7, 11) is 0. The number of nitrogens with zero attached hydrogens (tertiary/aromatic N) is 2. The summed E-state index contributed by atoms with van der Waals surface area (Å²) in [6, 6.07) is 0. The van der Waals surface area contributed by atoms with Gasteiger partial charge < -0.3 is 5.73 Å². The third kappa shape index (κ3) is 1.15. The summed E-state index contributed by atoms with van der Waals surface area (Å²) in [6.07, 6.45) is 5.44. The number of aryl methyl sites for hydroxylation is 1. The molecule has 0 unspecified atom stereocenters. The molecule has 0 atom stereocenters. The summed E-state index contributed by atoms with van der Waals surface area (Å²) >= 11 is 0. The average Bonchev–Trinajstić information content (AvgIpc) is 1.93. The van der Waals surface area contributed by atoms with Crippen molar-refractivity contribution in [2.75, 3.05) is 5.73 Å². The van der Waals surface area contributed by atoms with E-state index in [1.807, 2.05) is 6.92 Å². The normalized spacial score (nSPS) is 17.4. The maximum absolute atomic E-state index is 5.57. The highest BCUT2D eigenvalue weighted by Crippen LogP contribution is 2.36. The first-order chi connectivity index (χ1) is 5.77. The van der Waals surface area contributed by atoms with Crippen molar-refractivity contribution in [2.45, 2.75) is 32.1 Å². The molecule has 0 amide bonds. The second kappa shape index (κ2) is 2.73. The molecule has 1 fully saturated rings. The molecular formula is C9H13N3. The molecule has 1 aromatic heterocycles. The molecule has 0 radical (unpaired) electrons. The van der Waals surface area contributed by atoms with Crippen LogP contribution in [0.1, 0.15) is 36.6 Å². The fraction of sp³-hybridized carbons (Fsp3) is 0.556. The van der Waals surface area contributed by atoms with Gasteiger partial charge in [0, 0.05) is 5.92 Å². The van der Waals surface area contributed by atoms with Gasteiger partial charge in [-0.3, -0.25) is 4.98 Å². The highest BCUT2D eigenvalue weighted by atomic mass is 14.9. The summed E-state index contributed by atoms with van der Waals surface area (Å²) in [6.45, 7) is 2.00. The maximum atomic E-state index is 5.57. The number of aromatic nitrogens is 2. The van der Waals surface area contributed by atoms with Crippen molar-refractivity contribution < 1.29 is 0 Å². The average molecular weight is 163 g/mol. The minimum Gasteiger partial charge on any atom is -0.382 e. The van der Waals surface area contributed by atoms with Gasteiger partial charge in [-0.25, -0.2) is 4.98 Å². The number of nitrogens with two attached hydrogens (primary N) is 1. The van der Waals surface area contributed by atoms with E-state index >= 15 is 0 Å². The van der Waals surface area contributed by atoms with Crippen LogP contribution in [0.25, 0.3) is 0 Å². The quantitative estimate of drug-likeness (QED) is 0.684. The monoisotopic (exact) mass is 163 g/mol. The Bertz CT molecular complexity index is 292. The van der Waals surface area contributed by atoms with Crippen LogP contribution in [0.5, 0.6) is 0 Å². The molecule has 64 valence electrons. The van der Waals surface area contributed by atoms with Gasteiger partial charge in [0.05, 0.1) is 17.6 Å². The predicted octanol–water partition coefficient (Wildman–Crippen LogP) is 1.63. The zero-order chi connectivity index (χ0) is 8.55. The molecule has 1 heterocycles. The van der Waals surface area contributed by atoms with E-state index in [2.05, 4.69) is 9.97 Å². The van der Waals surface area contributed by atoms with Gasteiger partial charge in [0.2, 0.25) is 0 Å². The molecule has 2 N–H and O–H groups in total. The molecule has 1 aliphatic rings. The lowest BCUT2D eigenvalue weighted by Crippen LogP contribution is -2.14. The molecule has 0 bridgehead atoms. The molecule has 1 aromatic rings. The molecule has 3 heteroatoms. The Morgan fingerprint density at radius 2 is 2.25 bits per heavy atom. The smallest absolute Gasteiger partial charge is 0.142 e. The Kier molecular flexibility index (Phi) is 1.71. The number of hydrogen-bond donors (Lipinski definition) is 1. The molecule has 0 aliphatic heterocycles. The van der Waals surface area contributed by atoms with Crippen molar-refractivity contribution >= 4 is 5.82 Å². The molecular weight excluding hydrogens is 150 g/mol. The minimum atomic E-state index is 0.544. The molecule has 3 nitrogen and oxygen atoms in total. The van der Waals surface area contributed by atoms with Crippen LogP contribution in [0.3, 0.4) is 0 Å². The molecule has 1 saturated carbocycles. The van der Waals surface area contributed by atoms with E-state index in [4.69, 9.17) is 5.73 Å². The molecule has 2 rings (SSSR count). The number of anilines is 1. The SMILES string of the molecule is Cc1ncc(N)nc1C1CCC1. The second-order valence-corrected chi connectivity index (χ2v) is 3.39. The summed E-state index contributed by atoms with van der Waals surface area (Å²) in [5, 5.41) is 0. The van der Waals surface area contributed by atoms with Crippen LogP contribution >= 0.6 is 0 Å². The highest BCUT2D eigenvalue weighted by Gasteiger charge is 2.22. The standard InChI is InChI=1S/C9H13N3/c1-6-9(7-3-2-4-7)12-8(10)5-11-6/h5,7H,2-4H2,1H3,(H2,10,12). The van der Waals surface area contributed by atoms with Crippen molar-refractivity contribution in [3.05, 3.63) is 17.6 Å². The molecule has 0 saturated heterocycles.